The van der Waals surface area contributed by atoms with Crippen LogP contribution in [0.4, 0.5) is 0 Å². The minimum atomic E-state index is -0.0593. The van der Waals surface area contributed by atoms with Crippen molar-refractivity contribution < 1.29 is 9.90 Å². The van der Waals surface area contributed by atoms with E-state index < -0.39 is 0 Å². The summed E-state index contributed by atoms with van der Waals surface area (Å²) in [6, 6.07) is 0. The molecule has 0 rings (SSSR count). The van der Waals surface area contributed by atoms with Gasteiger partial charge < -0.3 is 5.11 Å². The zero-order valence-electron chi connectivity index (χ0n) is 6.21. The Morgan fingerprint density at radius 3 is 2.60 bits per heavy atom. The number of hydrogen-bond acceptors (Lipinski definition) is 2. The fraction of sp³-hybridized carbons (Fsp3) is 0.857. The smallest absolute Gasteiger partial charge is 0.188 e. The second kappa shape index (κ2) is 5.74. The van der Waals surface area contributed by atoms with Crippen molar-refractivity contribution in [2.75, 3.05) is 6.61 Å². The lowest BCUT2D eigenvalue weighted by Gasteiger charge is -2.07. The average Bonchev–Trinajstić information content (AvgIpc) is 1.89. The van der Waals surface area contributed by atoms with Gasteiger partial charge in [0.2, 0.25) is 0 Å². The summed E-state index contributed by atoms with van der Waals surface area (Å²) in [7, 11) is 0. The quantitative estimate of drug-likeness (QED) is 0.597. The highest BCUT2D eigenvalue weighted by molar-refractivity contribution is 7.96. The first kappa shape index (κ1) is 9.98. The Hall–Kier alpha value is -0.0200. The van der Waals surface area contributed by atoms with Crippen molar-refractivity contribution in [3.05, 3.63) is 0 Å². The molecule has 0 heterocycles. The lowest BCUT2D eigenvalue weighted by molar-refractivity contribution is -0.114. The van der Waals surface area contributed by atoms with Gasteiger partial charge in [-0.2, -0.15) is 0 Å². The SMILES string of the molecule is CCC(CCCO)C(=O)S. The average molecular weight is 162 g/mol. The molecule has 0 bridgehead atoms. The Kier molecular flexibility index (Phi) is 5.73. The van der Waals surface area contributed by atoms with Gasteiger partial charge in [-0.3, -0.25) is 4.79 Å². The monoisotopic (exact) mass is 162 g/mol. The van der Waals surface area contributed by atoms with Crippen LogP contribution in [-0.2, 0) is 4.79 Å². The lowest BCUT2D eigenvalue weighted by atomic mass is 10.0. The first-order valence-electron chi connectivity index (χ1n) is 3.56. The molecule has 10 heavy (non-hydrogen) atoms. The summed E-state index contributed by atoms with van der Waals surface area (Å²) in [4.78, 5) is 10.7. The van der Waals surface area contributed by atoms with Gasteiger partial charge in [-0.1, -0.05) is 6.92 Å². The van der Waals surface area contributed by atoms with E-state index in [1.54, 1.807) is 0 Å². The van der Waals surface area contributed by atoms with Gasteiger partial charge in [-0.05, 0) is 19.3 Å². The van der Waals surface area contributed by atoms with Crippen LogP contribution in [0.5, 0.6) is 0 Å². The molecule has 0 amide bonds. The van der Waals surface area contributed by atoms with E-state index in [1.165, 1.54) is 0 Å². The van der Waals surface area contributed by atoms with Gasteiger partial charge in [-0.15, -0.1) is 12.6 Å². The normalized spacial score (nSPS) is 13.1. The van der Waals surface area contributed by atoms with E-state index in [0.717, 1.165) is 12.8 Å². The summed E-state index contributed by atoms with van der Waals surface area (Å²) in [6.07, 6.45) is 2.28. The Morgan fingerprint density at radius 2 is 2.30 bits per heavy atom. The van der Waals surface area contributed by atoms with Crippen LogP contribution in [0.15, 0.2) is 0 Å². The van der Waals surface area contributed by atoms with Gasteiger partial charge in [0, 0.05) is 12.5 Å². The number of hydrogen-bond donors (Lipinski definition) is 2. The molecule has 0 saturated heterocycles. The van der Waals surface area contributed by atoms with Crippen LogP contribution in [0.3, 0.4) is 0 Å². The number of carbonyl (C=O) groups is 1. The van der Waals surface area contributed by atoms with E-state index in [1.807, 2.05) is 6.92 Å². The van der Waals surface area contributed by atoms with Crippen molar-refractivity contribution in [1.29, 1.82) is 0 Å². The maximum absolute atomic E-state index is 10.7. The van der Waals surface area contributed by atoms with Gasteiger partial charge in [0.1, 0.15) is 0 Å². The van der Waals surface area contributed by atoms with Crippen molar-refractivity contribution >= 4 is 17.7 Å². The van der Waals surface area contributed by atoms with Crippen LogP contribution in [-0.4, -0.2) is 16.8 Å². The topological polar surface area (TPSA) is 37.3 Å². The van der Waals surface area contributed by atoms with Gasteiger partial charge in [0.15, 0.2) is 5.12 Å². The van der Waals surface area contributed by atoms with Crippen molar-refractivity contribution in [2.45, 2.75) is 26.2 Å². The summed E-state index contributed by atoms with van der Waals surface area (Å²) >= 11 is 3.73. The molecule has 0 aliphatic carbocycles. The molecule has 0 fully saturated rings. The third kappa shape index (κ3) is 3.90. The Labute approximate surface area is 67.0 Å². The van der Waals surface area contributed by atoms with E-state index in [9.17, 15) is 4.79 Å². The highest BCUT2D eigenvalue weighted by Crippen LogP contribution is 2.13. The summed E-state index contributed by atoms with van der Waals surface area (Å²) in [5.41, 5.74) is 0. The van der Waals surface area contributed by atoms with E-state index in [-0.39, 0.29) is 17.6 Å². The lowest BCUT2D eigenvalue weighted by Crippen LogP contribution is -2.07. The molecule has 0 aromatic carbocycles. The third-order valence-corrected chi connectivity index (χ3v) is 1.92. The van der Waals surface area contributed by atoms with E-state index in [4.69, 9.17) is 5.11 Å². The molecule has 1 unspecified atom stereocenters. The largest absolute Gasteiger partial charge is 0.396 e. The number of thiol groups is 1. The van der Waals surface area contributed by atoms with Gasteiger partial charge in [0.25, 0.3) is 0 Å². The molecule has 1 N–H and O–H groups in total. The van der Waals surface area contributed by atoms with Gasteiger partial charge in [-0.25, -0.2) is 0 Å². The molecule has 0 aliphatic heterocycles. The highest BCUT2D eigenvalue weighted by atomic mass is 32.1. The molecular weight excluding hydrogens is 148 g/mol. The summed E-state index contributed by atoms with van der Waals surface area (Å²) in [6.45, 7) is 2.12. The molecule has 3 heteroatoms. The molecule has 0 aromatic heterocycles. The molecule has 60 valence electrons. The standard InChI is InChI=1S/C7H14O2S/c1-2-6(7(9)10)4-3-5-8/h6,8H,2-5H2,1H3,(H,9,10). The number of aliphatic hydroxyl groups is 1. The van der Waals surface area contributed by atoms with Crippen molar-refractivity contribution in [2.24, 2.45) is 5.92 Å². The minimum absolute atomic E-state index is 0.0375. The van der Waals surface area contributed by atoms with Gasteiger partial charge in [0.05, 0.1) is 0 Å². The number of aliphatic hydroxyl groups excluding tert-OH is 1. The van der Waals surface area contributed by atoms with Crippen molar-refractivity contribution in [3.8, 4) is 0 Å². The Balaban J connectivity index is 3.50. The van der Waals surface area contributed by atoms with Crippen LogP contribution in [0.2, 0.25) is 0 Å². The maximum Gasteiger partial charge on any atom is 0.188 e. The molecule has 1 atom stereocenters. The first-order chi connectivity index (χ1) is 4.72. The summed E-state index contributed by atoms with van der Waals surface area (Å²) in [5.74, 6) is 0.0375. The zero-order valence-corrected chi connectivity index (χ0v) is 7.10. The van der Waals surface area contributed by atoms with Crippen molar-refractivity contribution in [1.82, 2.24) is 0 Å². The van der Waals surface area contributed by atoms with Crippen LogP contribution < -0.4 is 0 Å². The zero-order chi connectivity index (χ0) is 7.98. The molecular formula is C7H14O2S. The van der Waals surface area contributed by atoms with E-state index in [2.05, 4.69) is 12.6 Å². The van der Waals surface area contributed by atoms with Crippen LogP contribution in [0.1, 0.15) is 26.2 Å². The highest BCUT2D eigenvalue weighted by Gasteiger charge is 2.10. The number of carbonyl (C=O) groups excluding carboxylic acids is 1. The van der Waals surface area contributed by atoms with Crippen LogP contribution in [0.25, 0.3) is 0 Å². The minimum Gasteiger partial charge on any atom is -0.396 e. The Bertz CT molecular complexity index is 104. The van der Waals surface area contributed by atoms with Crippen LogP contribution in [0, 0.1) is 5.92 Å². The fourth-order valence-corrected chi connectivity index (χ4v) is 1.15. The summed E-state index contributed by atoms with van der Waals surface area (Å²) < 4.78 is 0. The molecule has 0 aliphatic rings. The molecule has 0 radical (unpaired) electrons. The maximum atomic E-state index is 10.7. The predicted molar refractivity (Wildman–Crippen MR) is 44.1 cm³/mol. The molecule has 2 nitrogen and oxygen atoms in total. The molecule has 0 aromatic rings. The number of rotatable bonds is 5. The third-order valence-electron chi connectivity index (χ3n) is 1.55. The second-order valence-corrected chi connectivity index (χ2v) is 2.75. The second-order valence-electron chi connectivity index (χ2n) is 2.31. The summed E-state index contributed by atoms with van der Waals surface area (Å²) in [5, 5.41) is 8.40. The van der Waals surface area contributed by atoms with Crippen LogP contribution >= 0.6 is 12.6 Å². The molecule has 0 spiro atoms. The fourth-order valence-electron chi connectivity index (χ4n) is 0.840. The first-order valence-corrected chi connectivity index (χ1v) is 4.00. The van der Waals surface area contributed by atoms with Crippen molar-refractivity contribution in [3.63, 3.8) is 0 Å². The van der Waals surface area contributed by atoms with E-state index in [0.29, 0.717) is 6.42 Å². The Morgan fingerprint density at radius 1 is 1.70 bits per heavy atom. The predicted octanol–water partition coefficient (Wildman–Crippen LogP) is 1.24. The van der Waals surface area contributed by atoms with E-state index >= 15 is 0 Å². The molecule has 0 saturated carbocycles. The van der Waals surface area contributed by atoms with Gasteiger partial charge >= 0.3 is 0 Å².